The Morgan fingerprint density at radius 1 is 1.14 bits per heavy atom. The molecule has 146 valence electrons. The molecule has 0 unspecified atom stereocenters. The smallest absolute Gasteiger partial charge is 0.268 e. The first kappa shape index (κ1) is 18.4. The lowest BCUT2D eigenvalue weighted by Crippen LogP contribution is -2.50. The molecule has 4 rings (SSSR count). The van der Waals surface area contributed by atoms with E-state index in [1.807, 2.05) is 23.1 Å². The van der Waals surface area contributed by atoms with Gasteiger partial charge < -0.3 is 15.5 Å². The Bertz CT molecular complexity index is 872. The lowest BCUT2D eigenvalue weighted by molar-refractivity contribution is -0.144. The van der Waals surface area contributed by atoms with Gasteiger partial charge in [0, 0.05) is 26.2 Å². The number of nitrogens with zero attached hydrogens (tertiary/aromatic N) is 4. The summed E-state index contributed by atoms with van der Waals surface area (Å²) in [5.74, 6) is 0.266. The number of nitrogens with two attached hydrogens (primary N) is 1. The monoisotopic (exact) mass is 379 g/mol. The zero-order valence-corrected chi connectivity index (χ0v) is 15.9. The number of benzene rings is 1. The second kappa shape index (κ2) is 7.58. The summed E-state index contributed by atoms with van der Waals surface area (Å²) in [6, 6.07) is 10.3. The topological polar surface area (TPSA) is 92.4 Å². The summed E-state index contributed by atoms with van der Waals surface area (Å²) in [5.41, 5.74) is 6.36. The highest BCUT2D eigenvalue weighted by Crippen LogP contribution is 2.41. The number of aromatic nitrogens is 2. The number of hydrogen-bond donors (Lipinski definition) is 1. The largest absolute Gasteiger partial charge is 0.364 e. The molecule has 7 heteroatoms. The standard InChI is InChI=1S/C21H25N5O2/c22-19(27)17-13-23-14-18(24-17)26-12-9-21(15-26)8-4-10-25(20(21)28)11-7-16-5-2-1-3-6-16/h1-3,5-6,13-14H,4,7-12,15H2,(H2,22,27)/t21-/m0/s1. The quantitative estimate of drug-likeness (QED) is 0.853. The van der Waals surface area contributed by atoms with Gasteiger partial charge in [0.25, 0.3) is 5.91 Å². The zero-order chi connectivity index (χ0) is 19.6. The van der Waals surface area contributed by atoms with Crippen molar-refractivity contribution < 1.29 is 9.59 Å². The molecular weight excluding hydrogens is 354 g/mol. The summed E-state index contributed by atoms with van der Waals surface area (Å²) in [4.78, 5) is 37.2. The molecule has 2 N–H and O–H groups in total. The minimum atomic E-state index is -0.593. The van der Waals surface area contributed by atoms with Crippen LogP contribution in [-0.2, 0) is 11.2 Å². The molecule has 2 aliphatic heterocycles. The number of carbonyl (C=O) groups excluding carboxylic acids is 2. The van der Waals surface area contributed by atoms with Crippen molar-refractivity contribution in [2.45, 2.75) is 25.7 Å². The van der Waals surface area contributed by atoms with Crippen LogP contribution < -0.4 is 10.6 Å². The maximum absolute atomic E-state index is 13.3. The predicted molar refractivity (Wildman–Crippen MR) is 106 cm³/mol. The Hall–Kier alpha value is -2.96. The maximum atomic E-state index is 13.3. The van der Waals surface area contributed by atoms with Gasteiger partial charge in [0.2, 0.25) is 5.91 Å². The minimum absolute atomic E-state index is 0.151. The number of rotatable bonds is 5. The van der Waals surface area contributed by atoms with Crippen molar-refractivity contribution in [3.05, 3.63) is 54.0 Å². The molecule has 2 saturated heterocycles. The molecular formula is C21H25N5O2. The van der Waals surface area contributed by atoms with Crippen molar-refractivity contribution in [3.63, 3.8) is 0 Å². The van der Waals surface area contributed by atoms with E-state index in [1.165, 1.54) is 11.8 Å². The summed E-state index contributed by atoms with van der Waals surface area (Å²) in [5, 5.41) is 0. The molecule has 1 aromatic heterocycles. The third-order valence-corrected chi connectivity index (χ3v) is 5.89. The van der Waals surface area contributed by atoms with Gasteiger partial charge in [-0.25, -0.2) is 4.98 Å². The minimum Gasteiger partial charge on any atom is -0.364 e. The molecule has 1 atom stereocenters. The van der Waals surface area contributed by atoms with Crippen LogP contribution in [0.2, 0.25) is 0 Å². The van der Waals surface area contributed by atoms with Crippen LogP contribution >= 0.6 is 0 Å². The fourth-order valence-electron chi connectivity index (χ4n) is 4.35. The second-order valence-corrected chi connectivity index (χ2v) is 7.71. The lowest BCUT2D eigenvalue weighted by Gasteiger charge is -2.39. The number of carbonyl (C=O) groups is 2. The molecule has 2 fully saturated rings. The number of amides is 2. The zero-order valence-electron chi connectivity index (χ0n) is 15.9. The summed E-state index contributed by atoms with van der Waals surface area (Å²) in [7, 11) is 0. The van der Waals surface area contributed by atoms with E-state index in [9.17, 15) is 9.59 Å². The van der Waals surface area contributed by atoms with E-state index in [-0.39, 0.29) is 17.0 Å². The van der Waals surface area contributed by atoms with Crippen molar-refractivity contribution in [3.8, 4) is 0 Å². The van der Waals surface area contributed by atoms with E-state index in [2.05, 4.69) is 27.0 Å². The van der Waals surface area contributed by atoms with Crippen LogP contribution in [-0.4, -0.2) is 52.9 Å². The summed E-state index contributed by atoms with van der Waals surface area (Å²) in [6.07, 6.45) is 6.59. The van der Waals surface area contributed by atoms with Gasteiger partial charge in [0.15, 0.2) is 0 Å². The average molecular weight is 379 g/mol. The van der Waals surface area contributed by atoms with Gasteiger partial charge in [-0.15, -0.1) is 0 Å². The van der Waals surface area contributed by atoms with E-state index in [4.69, 9.17) is 5.73 Å². The highest BCUT2D eigenvalue weighted by atomic mass is 16.2. The third-order valence-electron chi connectivity index (χ3n) is 5.89. The summed E-state index contributed by atoms with van der Waals surface area (Å²) < 4.78 is 0. The Kier molecular flexibility index (Phi) is 4.98. The molecule has 0 bridgehead atoms. The molecule has 3 heterocycles. The van der Waals surface area contributed by atoms with Crippen molar-refractivity contribution in [1.29, 1.82) is 0 Å². The molecule has 0 radical (unpaired) electrons. The SMILES string of the molecule is NC(=O)c1cncc(N2CC[C@@]3(CCCN(CCc4ccccc4)C3=O)C2)n1. The Morgan fingerprint density at radius 2 is 1.96 bits per heavy atom. The molecule has 0 aliphatic carbocycles. The van der Waals surface area contributed by atoms with Gasteiger partial charge in [0.05, 0.1) is 17.8 Å². The molecule has 2 aliphatic rings. The number of anilines is 1. The van der Waals surface area contributed by atoms with Crippen LogP contribution in [0.3, 0.4) is 0 Å². The first-order valence-electron chi connectivity index (χ1n) is 9.77. The van der Waals surface area contributed by atoms with Crippen molar-refractivity contribution in [2.24, 2.45) is 11.1 Å². The van der Waals surface area contributed by atoms with Crippen LogP contribution in [0.15, 0.2) is 42.7 Å². The summed E-state index contributed by atoms with van der Waals surface area (Å²) >= 11 is 0. The molecule has 7 nitrogen and oxygen atoms in total. The fourth-order valence-corrected chi connectivity index (χ4v) is 4.35. The van der Waals surface area contributed by atoms with Gasteiger partial charge in [0.1, 0.15) is 11.5 Å². The number of primary amides is 1. The Balaban J connectivity index is 1.45. The van der Waals surface area contributed by atoms with E-state index in [0.717, 1.165) is 45.3 Å². The molecule has 28 heavy (non-hydrogen) atoms. The number of hydrogen-bond acceptors (Lipinski definition) is 5. The molecule has 2 aromatic rings. The van der Waals surface area contributed by atoms with Crippen molar-refractivity contribution >= 4 is 17.6 Å². The molecule has 1 spiro atoms. The average Bonchev–Trinajstić information content (AvgIpc) is 3.15. The van der Waals surface area contributed by atoms with Crippen LogP contribution in [0, 0.1) is 5.41 Å². The van der Waals surface area contributed by atoms with Crippen LogP contribution in [0.4, 0.5) is 5.82 Å². The van der Waals surface area contributed by atoms with Crippen LogP contribution in [0.5, 0.6) is 0 Å². The number of likely N-dealkylation sites (tertiary alicyclic amines) is 1. The first-order valence-corrected chi connectivity index (χ1v) is 9.77. The van der Waals surface area contributed by atoms with E-state index >= 15 is 0 Å². The van der Waals surface area contributed by atoms with Crippen molar-refractivity contribution in [1.82, 2.24) is 14.9 Å². The normalized spacial score (nSPS) is 22.1. The summed E-state index contributed by atoms with van der Waals surface area (Å²) in [6.45, 7) is 2.92. The predicted octanol–water partition coefficient (Wildman–Crippen LogP) is 1.64. The van der Waals surface area contributed by atoms with Gasteiger partial charge >= 0.3 is 0 Å². The number of piperidine rings is 1. The van der Waals surface area contributed by atoms with Gasteiger partial charge in [-0.2, -0.15) is 0 Å². The van der Waals surface area contributed by atoms with Crippen molar-refractivity contribution in [2.75, 3.05) is 31.1 Å². The highest BCUT2D eigenvalue weighted by molar-refractivity contribution is 5.90. The van der Waals surface area contributed by atoms with E-state index < -0.39 is 5.91 Å². The van der Waals surface area contributed by atoms with Gasteiger partial charge in [-0.3, -0.25) is 14.6 Å². The van der Waals surface area contributed by atoms with Crippen LogP contribution in [0.1, 0.15) is 35.3 Å². The van der Waals surface area contributed by atoms with Gasteiger partial charge in [-0.1, -0.05) is 30.3 Å². The van der Waals surface area contributed by atoms with E-state index in [0.29, 0.717) is 12.4 Å². The molecule has 1 aromatic carbocycles. The van der Waals surface area contributed by atoms with Gasteiger partial charge in [-0.05, 0) is 31.2 Å². The first-order chi connectivity index (χ1) is 13.6. The van der Waals surface area contributed by atoms with E-state index in [1.54, 1.807) is 6.20 Å². The fraction of sp³-hybridized carbons (Fsp3) is 0.429. The maximum Gasteiger partial charge on any atom is 0.268 e. The molecule has 0 saturated carbocycles. The molecule has 2 amide bonds. The van der Waals surface area contributed by atoms with Crippen LogP contribution in [0.25, 0.3) is 0 Å². The highest BCUT2D eigenvalue weighted by Gasteiger charge is 2.48. The Morgan fingerprint density at radius 3 is 2.75 bits per heavy atom. The second-order valence-electron chi connectivity index (χ2n) is 7.71. The lowest BCUT2D eigenvalue weighted by atomic mass is 9.78. The Labute approximate surface area is 164 Å². The third kappa shape index (κ3) is 3.56.